The number of hydrogen-bond donors (Lipinski definition) is 3. The molecule has 0 saturated carbocycles. The molecular formula is C12H22N4O2. The zero-order chi connectivity index (χ0) is 13.1. The number of nitrogens with zero attached hydrogens (tertiary/aromatic N) is 1. The monoisotopic (exact) mass is 254 g/mol. The summed E-state index contributed by atoms with van der Waals surface area (Å²) in [5.41, 5.74) is 11.2. The van der Waals surface area contributed by atoms with Gasteiger partial charge in [-0.1, -0.05) is 0 Å². The standard InChI is InChI=1S/C12H22N4O2/c13-6-1-7-15-11(17)10-5-3-8-2-4-9(14)12(18)16(8)10/h8-10H,1-7,13-14H2,(H,15,17)/t8-,9+,10-/m0/s1. The summed E-state index contributed by atoms with van der Waals surface area (Å²) in [7, 11) is 0. The maximum Gasteiger partial charge on any atom is 0.242 e. The van der Waals surface area contributed by atoms with Gasteiger partial charge in [0.2, 0.25) is 11.8 Å². The molecule has 0 aromatic carbocycles. The van der Waals surface area contributed by atoms with Crippen LogP contribution in [0.1, 0.15) is 32.1 Å². The van der Waals surface area contributed by atoms with Crippen LogP contribution in [-0.2, 0) is 9.59 Å². The summed E-state index contributed by atoms with van der Waals surface area (Å²) in [6, 6.07) is -0.548. The Bertz CT molecular complexity index is 334. The number of rotatable bonds is 4. The van der Waals surface area contributed by atoms with Crippen molar-refractivity contribution in [3.05, 3.63) is 0 Å². The number of amides is 2. The molecule has 2 aliphatic rings. The number of fused-ring (bicyclic) bond motifs is 1. The van der Waals surface area contributed by atoms with Gasteiger partial charge in [0.1, 0.15) is 6.04 Å². The summed E-state index contributed by atoms with van der Waals surface area (Å²) in [5.74, 6) is -0.129. The second-order valence-corrected chi connectivity index (χ2v) is 5.11. The fourth-order valence-corrected chi connectivity index (χ4v) is 2.88. The van der Waals surface area contributed by atoms with Crippen molar-refractivity contribution in [2.75, 3.05) is 13.1 Å². The number of carbonyl (C=O) groups excluding carboxylic acids is 2. The fraction of sp³-hybridized carbons (Fsp3) is 0.833. The molecule has 0 aromatic heterocycles. The van der Waals surface area contributed by atoms with Crippen molar-refractivity contribution < 1.29 is 9.59 Å². The predicted octanol–water partition coefficient (Wildman–Crippen LogP) is -1.07. The summed E-state index contributed by atoms with van der Waals surface area (Å²) in [5, 5.41) is 2.84. The van der Waals surface area contributed by atoms with Crippen LogP contribution in [0.25, 0.3) is 0 Å². The molecule has 0 spiro atoms. The highest BCUT2D eigenvalue weighted by atomic mass is 16.2. The molecule has 2 fully saturated rings. The van der Waals surface area contributed by atoms with E-state index in [1.165, 1.54) is 0 Å². The largest absolute Gasteiger partial charge is 0.354 e. The lowest BCUT2D eigenvalue weighted by Gasteiger charge is -2.36. The van der Waals surface area contributed by atoms with Gasteiger partial charge in [-0.3, -0.25) is 9.59 Å². The minimum Gasteiger partial charge on any atom is -0.354 e. The molecule has 2 rings (SSSR count). The molecular weight excluding hydrogens is 232 g/mol. The number of piperidine rings is 1. The Balaban J connectivity index is 1.96. The smallest absolute Gasteiger partial charge is 0.242 e. The van der Waals surface area contributed by atoms with E-state index in [1.807, 2.05) is 0 Å². The van der Waals surface area contributed by atoms with Gasteiger partial charge in [0.25, 0.3) is 0 Å². The van der Waals surface area contributed by atoms with Crippen molar-refractivity contribution in [3.8, 4) is 0 Å². The van der Waals surface area contributed by atoms with Crippen LogP contribution in [0, 0.1) is 0 Å². The van der Waals surface area contributed by atoms with E-state index in [4.69, 9.17) is 11.5 Å². The summed E-state index contributed by atoms with van der Waals surface area (Å²) in [6.45, 7) is 1.13. The number of nitrogens with one attached hydrogen (secondary N) is 1. The normalized spacial score (nSPS) is 31.3. The number of carbonyl (C=O) groups is 2. The first-order valence-electron chi connectivity index (χ1n) is 6.70. The van der Waals surface area contributed by atoms with E-state index in [2.05, 4.69) is 5.32 Å². The fourth-order valence-electron chi connectivity index (χ4n) is 2.88. The van der Waals surface area contributed by atoms with Gasteiger partial charge in [0.15, 0.2) is 0 Å². The average molecular weight is 254 g/mol. The van der Waals surface area contributed by atoms with Crippen molar-refractivity contribution in [1.82, 2.24) is 10.2 Å². The second kappa shape index (κ2) is 5.67. The molecule has 0 bridgehead atoms. The van der Waals surface area contributed by atoms with Gasteiger partial charge in [0.05, 0.1) is 6.04 Å². The first-order chi connectivity index (χ1) is 8.65. The van der Waals surface area contributed by atoms with Gasteiger partial charge in [-0.25, -0.2) is 0 Å². The van der Waals surface area contributed by atoms with Gasteiger partial charge in [-0.15, -0.1) is 0 Å². The molecule has 0 radical (unpaired) electrons. The van der Waals surface area contributed by atoms with Crippen molar-refractivity contribution >= 4 is 11.8 Å². The molecule has 6 nitrogen and oxygen atoms in total. The lowest BCUT2D eigenvalue weighted by Crippen LogP contribution is -2.56. The Labute approximate surface area is 107 Å². The Kier molecular flexibility index (Phi) is 4.19. The Hall–Kier alpha value is -1.14. The van der Waals surface area contributed by atoms with E-state index in [9.17, 15) is 9.59 Å². The van der Waals surface area contributed by atoms with Crippen LogP contribution < -0.4 is 16.8 Å². The van der Waals surface area contributed by atoms with Crippen LogP contribution in [0.15, 0.2) is 0 Å². The van der Waals surface area contributed by atoms with Crippen LogP contribution in [-0.4, -0.2) is 47.9 Å². The van der Waals surface area contributed by atoms with Gasteiger partial charge in [-0.05, 0) is 38.6 Å². The summed E-state index contributed by atoms with van der Waals surface area (Å²) >= 11 is 0. The van der Waals surface area contributed by atoms with Crippen molar-refractivity contribution in [2.24, 2.45) is 11.5 Å². The summed E-state index contributed by atoms with van der Waals surface area (Å²) in [4.78, 5) is 25.8. The molecule has 6 heteroatoms. The highest BCUT2D eigenvalue weighted by Crippen LogP contribution is 2.31. The van der Waals surface area contributed by atoms with Crippen molar-refractivity contribution in [2.45, 2.75) is 50.2 Å². The van der Waals surface area contributed by atoms with E-state index < -0.39 is 6.04 Å². The molecule has 18 heavy (non-hydrogen) atoms. The third-order valence-corrected chi connectivity index (χ3v) is 3.87. The zero-order valence-electron chi connectivity index (χ0n) is 10.6. The number of hydrogen-bond acceptors (Lipinski definition) is 4. The molecule has 0 aliphatic carbocycles. The third-order valence-electron chi connectivity index (χ3n) is 3.87. The van der Waals surface area contributed by atoms with Crippen LogP contribution in [0.5, 0.6) is 0 Å². The maximum atomic E-state index is 12.1. The second-order valence-electron chi connectivity index (χ2n) is 5.11. The van der Waals surface area contributed by atoms with Crippen molar-refractivity contribution in [1.29, 1.82) is 0 Å². The van der Waals surface area contributed by atoms with Gasteiger partial charge in [-0.2, -0.15) is 0 Å². The van der Waals surface area contributed by atoms with E-state index in [-0.39, 0.29) is 23.9 Å². The van der Waals surface area contributed by atoms with Crippen LogP contribution >= 0.6 is 0 Å². The van der Waals surface area contributed by atoms with Gasteiger partial charge in [0, 0.05) is 12.6 Å². The molecule has 102 valence electrons. The van der Waals surface area contributed by atoms with Gasteiger partial charge < -0.3 is 21.7 Å². The summed E-state index contributed by atoms with van der Waals surface area (Å²) in [6.07, 6.45) is 4.07. The quantitative estimate of drug-likeness (QED) is 0.556. The van der Waals surface area contributed by atoms with Crippen LogP contribution in [0.3, 0.4) is 0 Å². The van der Waals surface area contributed by atoms with E-state index in [1.54, 1.807) is 4.90 Å². The molecule has 0 unspecified atom stereocenters. The lowest BCUT2D eigenvalue weighted by atomic mass is 9.99. The van der Waals surface area contributed by atoms with Gasteiger partial charge >= 0.3 is 0 Å². The molecule has 2 aliphatic heterocycles. The molecule has 2 amide bonds. The predicted molar refractivity (Wildman–Crippen MR) is 67.5 cm³/mol. The molecule has 3 atom stereocenters. The molecule has 5 N–H and O–H groups in total. The van der Waals surface area contributed by atoms with Crippen LogP contribution in [0.2, 0.25) is 0 Å². The Morgan fingerprint density at radius 3 is 2.78 bits per heavy atom. The highest BCUT2D eigenvalue weighted by Gasteiger charge is 2.44. The molecule has 0 aromatic rings. The maximum absolute atomic E-state index is 12.1. The molecule has 2 saturated heterocycles. The lowest BCUT2D eigenvalue weighted by molar-refractivity contribution is -0.143. The first-order valence-corrected chi connectivity index (χ1v) is 6.70. The topological polar surface area (TPSA) is 101 Å². The Morgan fingerprint density at radius 1 is 1.33 bits per heavy atom. The van der Waals surface area contributed by atoms with Crippen molar-refractivity contribution in [3.63, 3.8) is 0 Å². The molecule has 2 heterocycles. The van der Waals surface area contributed by atoms with E-state index >= 15 is 0 Å². The third kappa shape index (κ3) is 2.49. The minimum atomic E-state index is -0.432. The van der Waals surface area contributed by atoms with Crippen LogP contribution in [0.4, 0.5) is 0 Å². The van der Waals surface area contributed by atoms with E-state index in [0.717, 1.165) is 32.1 Å². The summed E-state index contributed by atoms with van der Waals surface area (Å²) < 4.78 is 0. The first kappa shape index (κ1) is 13.3. The number of nitrogens with two attached hydrogens (primary N) is 2. The SMILES string of the molecule is NCCCNC(=O)[C@@H]1CC[C@@H]2CC[C@@H](N)C(=O)N21. The Morgan fingerprint density at radius 2 is 2.06 bits per heavy atom. The minimum absolute atomic E-state index is 0.0617. The van der Waals surface area contributed by atoms with E-state index in [0.29, 0.717) is 13.1 Å². The average Bonchev–Trinajstić information content (AvgIpc) is 2.78. The zero-order valence-corrected chi connectivity index (χ0v) is 10.6. The highest BCUT2D eigenvalue weighted by molar-refractivity contribution is 5.91.